The summed E-state index contributed by atoms with van der Waals surface area (Å²) in [6.45, 7) is 1.91. The van der Waals surface area contributed by atoms with E-state index >= 15 is 0 Å². The zero-order valence-electron chi connectivity index (χ0n) is 11.4. The number of carbonyl (C=O) groups excluding carboxylic acids is 2. The second kappa shape index (κ2) is 9.75. The van der Waals surface area contributed by atoms with Crippen LogP contribution in [-0.2, 0) is 14.3 Å². The number of halogens is 3. The molecule has 1 unspecified atom stereocenters. The van der Waals surface area contributed by atoms with Gasteiger partial charge in [0.2, 0.25) is 5.91 Å². The summed E-state index contributed by atoms with van der Waals surface area (Å²) in [6.07, 6.45) is 0.313. The number of nitrogens with one attached hydrogen (secondary N) is 1. The van der Waals surface area contributed by atoms with Gasteiger partial charge in [-0.25, -0.2) is 0 Å². The van der Waals surface area contributed by atoms with Crippen molar-refractivity contribution in [3.63, 3.8) is 0 Å². The first kappa shape index (κ1) is 19.7. The van der Waals surface area contributed by atoms with E-state index in [4.69, 9.17) is 0 Å². The van der Waals surface area contributed by atoms with Crippen LogP contribution in [0.5, 0.6) is 0 Å². The monoisotopic (exact) mass is 645 g/mol. The lowest BCUT2D eigenvalue weighted by Gasteiger charge is -2.12. The number of hydrogen-bond donors (Lipinski definition) is 1. The van der Waals surface area contributed by atoms with Crippen LogP contribution in [0.4, 0.5) is 5.69 Å². The Kier molecular flexibility index (Phi) is 9.17. The van der Waals surface area contributed by atoms with Gasteiger partial charge in [0.15, 0.2) is 0 Å². The van der Waals surface area contributed by atoms with Gasteiger partial charge in [0, 0.05) is 16.0 Å². The van der Waals surface area contributed by atoms with Crippen LogP contribution >= 0.6 is 79.5 Å². The summed E-state index contributed by atoms with van der Waals surface area (Å²) in [5.74, 6) is 0.00180. The van der Waals surface area contributed by atoms with Crippen molar-refractivity contribution in [1.29, 1.82) is 0 Å². The highest BCUT2D eigenvalue weighted by Gasteiger charge is 2.14. The van der Waals surface area contributed by atoms with Crippen LogP contribution in [0.1, 0.15) is 13.3 Å². The smallest absolute Gasteiger partial charge is 0.306 e. The Morgan fingerprint density at radius 1 is 1.29 bits per heavy atom. The summed E-state index contributed by atoms with van der Waals surface area (Å²) in [5, 5.41) is 2.99. The van der Waals surface area contributed by atoms with Gasteiger partial charge in [0.1, 0.15) is 0 Å². The molecule has 1 aromatic rings. The second-order valence-electron chi connectivity index (χ2n) is 4.19. The highest BCUT2D eigenvalue weighted by molar-refractivity contribution is 14.1. The number of carbonyl (C=O) groups is 2. The number of ether oxygens (including phenoxy) is 1. The highest BCUT2D eigenvalue weighted by atomic mass is 127. The van der Waals surface area contributed by atoms with E-state index in [1.165, 1.54) is 18.9 Å². The number of anilines is 1. The van der Waals surface area contributed by atoms with Gasteiger partial charge in [0.25, 0.3) is 0 Å². The lowest BCUT2D eigenvalue weighted by atomic mass is 10.3. The number of rotatable bonds is 6. The van der Waals surface area contributed by atoms with E-state index in [0.29, 0.717) is 12.2 Å². The van der Waals surface area contributed by atoms with Gasteiger partial charge in [-0.3, -0.25) is 9.59 Å². The maximum atomic E-state index is 12.0. The summed E-state index contributed by atoms with van der Waals surface area (Å²) in [6, 6.07) is 4.04. The molecule has 0 aliphatic rings. The average Bonchev–Trinajstić information content (AvgIpc) is 2.40. The molecule has 0 saturated carbocycles. The van der Waals surface area contributed by atoms with E-state index in [2.05, 4.69) is 77.8 Å². The molecule has 0 fully saturated rings. The first-order valence-electron chi connectivity index (χ1n) is 5.96. The van der Waals surface area contributed by atoms with Crippen molar-refractivity contribution in [1.82, 2.24) is 0 Å². The van der Waals surface area contributed by atoms with Crippen LogP contribution in [0.2, 0.25) is 0 Å². The number of benzene rings is 1. The van der Waals surface area contributed by atoms with Crippen molar-refractivity contribution in [3.05, 3.63) is 22.8 Å². The molecule has 0 aliphatic heterocycles. The minimum Gasteiger partial charge on any atom is -0.469 e. The van der Waals surface area contributed by atoms with Crippen molar-refractivity contribution < 1.29 is 14.3 Å². The standard InChI is InChI=1S/C13H14I3NO3S/c1-7(3-12(19)20-2)21-6-11(18)17-13-9(15)4-8(14)5-10(13)16/h4-5,7H,3,6H2,1-2H3,(H,17,18). The third-order valence-corrected chi connectivity index (χ3v) is 5.94. The van der Waals surface area contributed by atoms with E-state index in [1.54, 1.807) is 0 Å². The predicted molar refractivity (Wildman–Crippen MR) is 112 cm³/mol. The molecule has 0 radical (unpaired) electrons. The summed E-state index contributed by atoms with van der Waals surface area (Å²) < 4.78 is 7.79. The Balaban J connectivity index is 2.53. The van der Waals surface area contributed by atoms with Gasteiger partial charge in [-0.2, -0.15) is 0 Å². The molecule has 1 rings (SSSR count). The number of hydrogen-bond acceptors (Lipinski definition) is 4. The Morgan fingerprint density at radius 3 is 2.38 bits per heavy atom. The maximum absolute atomic E-state index is 12.0. The van der Waals surface area contributed by atoms with E-state index in [-0.39, 0.29) is 17.1 Å². The molecule has 0 saturated heterocycles. The summed E-state index contributed by atoms with van der Waals surface area (Å²) >= 11 is 8.13. The third-order valence-electron chi connectivity index (χ3n) is 2.45. The van der Waals surface area contributed by atoms with Crippen LogP contribution in [-0.4, -0.2) is 30.0 Å². The van der Waals surface area contributed by atoms with Crippen molar-refractivity contribution in [2.75, 3.05) is 18.2 Å². The lowest BCUT2D eigenvalue weighted by Crippen LogP contribution is -2.18. The van der Waals surface area contributed by atoms with Gasteiger partial charge in [-0.05, 0) is 79.9 Å². The normalized spacial score (nSPS) is 11.9. The Bertz CT molecular complexity index is 516. The molecule has 0 aliphatic carbocycles. The van der Waals surface area contributed by atoms with E-state index in [1.807, 2.05) is 19.1 Å². The summed E-state index contributed by atoms with van der Waals surface area (Å²) in [4.78, 5) is 23.1. The molecule has 0 heterocycles. The lowest BCUT2D eigenvalue weighted by molar-refractivity contribution is -0.140. The number of esters is 1. The summed E-state index contributed by atoms with van der Waals surface area (Å²) in [5.41, 5.74) is 0.850. The maximum Gasteiger partial charge on any atom is 0.306 e. The SMILES string of the molecule is COC(=O)CC(C)SCC(=O)Nc1c(I)cc(I)cc1I. The molecular weight excluding hydrogens is 631 g/mol. The molecule has 1 aromatic carbocycles. The van der Waals surface area contributed by atoms with Crippen molar-refractivity contribution in [3.8, 4) is 0 Å². The Labute approximate surface area is 169 Å². The quantitative estimate of drug-likeness (QED) is 0.374. The molecule has 116 valence electrons. The highest BCUT2D eigenvalue weighted by Crippen LogP contribution is 2.27. The fourth-order valence-electron chi connectivity index (χ4n) is 1.43. The molecule has 1 amide bonds. The van der Waals surface area contributed by atoms with Crippen LogP contribution in [0, 0.1) is 10.7 Å². The fraction of sp³-hybridized carbons (Fsp3) is 0.385. The molecular formula is C13H14I3NO3S. The summed E-state index contributed by atoms with van der Waals surface area (Å²) in [7, 11) is 1.37. The molecule has 1 atom stereocenters. The molecule has 0 spiro atoms. The largest absolute Gasteiger partial charge is 0.469 e. The average molecular weight is 645 g/mol. The first-order valence-corrected chi connectivity index (χ1v) is 10.2. The molecule has 4 nitrogen and oxygen atoms in total. The minimum absolute atomic E-state index is 0.0538. The molecule has 0 bridgehead atoms. The van der Waals surface area contributed by atoms with Gasteiger partial charge < -0.3 is 10.1 Å². The van der Waals surface area contributed by atoms with Gasteiger partial charge in [0.05, 0.1) is 25.0 Å². The topological polar surface area (TPSA) is 55.4 Å². The number of methoxy groups -OCH3 is 1. The van der Waals surface area contributed by atoms with Crippen molar-refractivity contribution in [2.45, 2.75) is 18.6 Å². The Hall–Kier alpha value is 0.700. The van der Waals surface area contributed by atoms with Crippen LogP contribution < -0.4 is 5.32 Å². The van der Waals surface area contributed by atoms with Crippen molar-refractivity contribution in [2.24, 2.45) is 0 Å². The van der Waals surface area contributed by atoms with E-state index in [0.717, 1.165) is 16.4 Å². The van der Waals surface area contributed by atoms with Crippen molar-refractivity contribution >= 4 is 97.1 Å². The molecule has 8 heteroatoms. The second-order valence-corrected chi connectivity index (χ2v) is 9.19. The van der Waals surface area contributed by atoms with E-state index in [9.17, 15) is 9.59 Å². The van der Waals surface area contributed by atoms with Gasteiger partial charge in [-0.1, -0.05) is 6.92 Å². The third kappa shape index (κ3) is 7.20. The molecule has 0 aromatic heterocycles. The predicted octanol–water partition coefficient (Wildman–Crippen LogP) is 4.12. The number of thioether (sulfide) groups is 1. The first-order chi connectivity index (χ1) is 9.83. The van der Waals surface area contributed by atoms with Gasteiger partial charge in [-0.15, -0.1) is 11.8 Å². The molecule has 1 N–H and O–H groups in total. The van der Waals surface area contributed by atoms with Gasteiger partial charge >= 0.3 is 5.97 Å². The minimum atomic E-state index is -0.253. The van der Waals surface area contributed by atoms with Crippen LogP contribution in [0.25, 0.3) is 0 Å². The molecule has 21 heavy (non-hydrogen) atoms. The van der Waals surface area contributed by atoms with Crippen LogP contribution in [0.3, 0.4) is 0 Å². The number of amides is 1. The fourth-order valence-corrected chi connectivity index (χ4v) is 6.05. The zero-order valence-corrected chi connectivity index (χ0v) is 18.7. The van der Waals surface area contributed by atoms with Crippen LogP contribution in [0.15, 0.2) is 12.1 Å². The zero-order chi connectivity index (χ0) is 16.0. The Morgan fingerprint density at radius 2 is 1.86 bits per heavy atom. The van der Waals surface area contributed by atoms with E-state index < -0.39 is 0 Å².